The first kappa shape index (κ1) is 9.20. The van der Waals surface area contributed by atoms with E-state index in [4.69, 9.17) is 5.11 Å². The zero-order valence-electron chi connectivity index (χ0n) is 7.43. The molecule has 0 amide bonds. The second-order valence-electron chi connectivity index (χ2n) is 3.00. The number of fused-ring (bicyclic) bond motifs is 1. The fourth-order valence-electron chi connectivity index (χ4n) is 1.39. The Balaban J connectivity index is 2.72. The molecule has 0 saturated carbocycles. The van der Waals surface area contributed by atoms with Crippen LogP contribution >= 0.6 is 0 Å². The summed E-state index contributed by atoms with van der Waals surface area (Å²) in [5.74, 6) is -1.10. The van der Waals surface area contributed by atoms with Crippen molar-refractivity contribution in [1.29, 1.82) is 0 Å². The molecule has 0 atom stereocenters. The molecule has 0 aliphatic heterocycles. The first-order valence-corrected chi connectivity index (χ1v) is 4.08. The Kier molecular flexibility index (Phi) is 1.89. The van der Waals surface area contributed by atoms with E-state index in [2.05, 4.69) is 4.98 Å². The molecule has 0 radical (unpaired) electrons. The summed E-state index contributed by atoms with van der Waals surface area (Å²) in [5, 5.41) is 19.6. The van der Waals surface area contributed by atoms with E-state index < -0.39 is 10.9 Å². The molecular weight excluding hydrogens is 200 g/mol. The topological polar surface area (TPSA) is 96.2 Å². The number of hydrogen-bond acceptors (Lipinski definition) is 3. The number of nitro groups is 1. The lowest BCUT2D eigenvalue weighted by molar-refractivity contribution is -0.383. The van der Waals surface area contributed by atoms with Crippen LogP contribution in [0.3, 0.4) is 0 Å². The summed E-state index contributed by atoms with van der Waals surface area (Å²) in [7, 11) is 0. The van der Waals surface area contributed by atoms with Crippen LogP contribution in [0.25, 0.3) is 10.9 Å². The number of aromatic nitrogens is 1. The Hall–Kier alpha value is -2.37. The molecule has 0 saturated heterocycles. The summed E-state index contributed by atoms with van der Waals surface area (Å²) in [6.07, 6.45) is 1.25. The molecule has 0 bridgehead atoms. The Morgan fingerprint density at radius 3 is 2.80 bits per heavy atom. The van der Waals surface area contributed by atoms with E-state index in [-0.39, 0.29) is 11.3 Å². The third kappa shape index (κ3) is 1.41. The molecule has 6 heteroatoms. The lowest BCUT2D eigenvalue weighted by atomic mass is 10.1. The largest absolute Gasteiger partial charge is 0.478 e. The second-order valence-corrected chi connectivity index (χ2v) is 3.00. The third-order valence-electron chi connectivity index (χ3n) is 2.10. The van der Waals surface area contributed by atoms with Gasteiger partial charge in [-0.3, -0.25) is 10.1 Å². The predicted molar refractivity (Wildman–Crippen MR) is 51.9 cm³/mol. The zero-order valence-corrected chi connectivity index (χ0v) is 7.43. The van der Waals surface area contributed by atoms with Crippen molar-refractivity contribution in [3.63, 3.8) is 0 Å². The minimum atomic E-state index is -1.10. The summed E-state index contributed by atoms with van der Waals surface area (Å²) in [4.78, 5) is 23.4. The summed E-state index contributed by atoms with van der Waals surface area (Å²) in [6, 6.07) is 4.18. The van der Waals surface area contributed by atoms with Gasteiger partial charge >= 0.3 is 5.97 Å². The van der Waals surface area contributed by atoms with E-state index in [1.165, 1.54) is 24.4 Å². The standard InChI is InChI=1S/C9H6N2O4/c12-9(13)5-1-2-7-6(3-5)8(4-10-7)11(14)15/h1-4,10H,(H,12,13). The maximum absolute atomic E-state index is 10.7. The molecule has 0 spiro atoms. The Morgan fingerprint density at radius 1 is 1.47 bits per heavy atom. The van der Waals surface area contributed by atoms with Gasteiger partial charge in [-0.25, -0.2) is 4.79 Å². The van der Waals surface area contributed by atoms with E-state index in [1.807, 2.05) is 0 Å². The van der Waals surface area contributed by atoms with Crippen molar-refractivity contribution in [2.24, 2.45) is 0 Å². The summed E-state index contributed by atoms with van der Waals surface area (Å²) in [6.45, 7) is 0. The molecule has 6 nitrogen and oxygen atoms in total. The average molecular weight is 206 g/mol. The number of carbonyl (C=O) groups is 1. The van der Waals surface area contributed by atoms with Crippen LogP contribution in [0.15, 0.2) is 24.4 Å². The molecule has 2 aromatic rings. The molecule has 1 heterocycles. The number of carboxylic acid groups (broad SMARTS) is 1. The lowest BCUT2D eigenvalue weighted by Gasteiger charge is -1.94. The highest BCUT2D eigenvalue weighted by molar-refractivity contribution is 5.97. The molecular formula is C9H6N2O4. The van der Waals surface area contributed by atoms with Gasteiger partial charge < -0.3 is 10.1 Å². The maximum Gasteiger partial charge on any atom is 0.335 e. The number of aromatic carboxylic acids is 1. The van der Waals surface area contributed by atoms with Crippen LogP contribution in [-0.4, -0.2) is 21.0 Å². The van der Waals surface area contributed by atoms with Gasteiger partial charge in [-0.15, -0.1) is 0 Å². The normalized spacial score (nSPS) is 10.4. The van der Waals surface area contributed by atoms with Crippen molar-refractivity contribution in [1.82, 2.24) is 4.98 Å². The van der Waals surface area contributed by atoms with Gasteiger partial charge in [-0.05, 0) is 18.2 Å². The van der Waals surface area contributed by atoms with E-state index in [9.17, 15) is 14.9 Å². The minimum Gasteiger partial charge on any atom is -0.478 e. The van der Waals surface area contributed by atoms with Gasteiger partial charge in [0.05, 0.1) is 27.6 Å². The molecule has 0 aliphatic rings. The molecule has 1 aromatic carbocycles. The lowest BCUT2D eigenvalue weighted by Crippen LogP contribution is -1.95. The van der Waals surface area contributed by atoms with Crippen LogP contribution in [0.4, 0.5) is 5.69 Å². The zero-order chi connectivity index (χ0) is 11.0. The van der Waals surface area contributed by atoms with Crippen molar-refractivity contribution in [3.05, 3.63) is 40.1 Å². The molecule has 15 heavy (non-hydrogen) atoms. The van der Waals surface area contributed by atoms with Crippen molar-refractivity contribution in [2.75, 3.05) is 0 Å². The van der Waals surface area contributed by atoms with Crippen LogP contribution in [0, 0.1) is 10.1 Å². The number of carboxylic acids is 1. The van der Waals surface area contributed by atoms with Crippen LogP contribution < -0.4 is 0 Å². The van der Waals surface area contributed by atoms with Gasteiger partial charge in [0.1, 0.15) is 0 Å². The van der Waals surface area contributed by atoms with E-state index in [1.54, 1.807) is 0 Å². The number of nitrogens with one attached hydrogen (secondary N) is 1. The predicted octanol–water partition coefficient (Wildman–Crippen LogP) is 1.77. The average Bonchev–Trinajstić information content (AvgIpc) is 2.59. The van der Waals surface area contributed by atoms with Crippen LogP contribution in [0.5, 0.6) is 0 Å². The monoisotopic (exact) mass is 206 g/mol. The minimum absolute atomic E-state index is 0.0326. The quantitative estimate of drug-likeness (QED) is 0.578. The van der Waals surface area contributed by atoms with Gasteiger partial charge in [0.15, 0.2) is 0 Å². The van der Waals surface area contributed by atoms with E-state index in [0.29, 0.717) is 10.9 Å². The molecule has 0 fully saturated rings. The summed E-state index contributed by atoms with van der Waals surface area (Å²) >= 11 is 0. The first-order chi connectivity index (χ1) is 7.09. The van der Waals surface area contributed by atoms with Crippen LogP contribution in [0.2, 0.25) is 0 Å². The number of hydrogen-bond donors (Lipinski definition) is 2. The highest BCUT2D eigenvalue weighted by Crippen LogP contribution is 2.25. The third-order valence-corrected chi connectivity index (χ3v) is 2.10. The number of H-pyrrole nitrogens is 1. The summed E-state index contributed by atoms with van der Waals surface area (Å²) < 4.78 is 0. The van der Waals surface area contributed by atoms with Gasteiger partial charge in [0, 0.05) is 0 Å². The van der Waals surface area contributed by atoms with Crippen molar-refractivity contribution >= 4 is 22.6 Å². The Morgan fingerprint density at radius 2 is 2.20 bits per heavy atom. The van der Waals surface area contributed by atoms with Crippen molar-refractivity contribution < 1.29 is 14.8 Å². The maximum atomic E-state index is 10.7. The molecule has 1 aromatic heterocycles. The van der Waals surface area contributed by atoms with Crippen LogP contribution in [-0.2, 0) is 0 Å². The number of benzene rings is 1. The molecule has 0 unspecified atom stereocenters. The molecule has 76 valence electrons. The van der Waals surface area contributed by atoms with E-state index >= 15 is 0 Å². The smallest absolute Gasteiger partial charge is 0.335 e. The molecule has 2 rings (SSSR count). The highest BCUT2D eigenvalue weighted by Gasteiger charge is 2.15. The fraction of sp³-hybridized carbons (Fsp3) is 0. The number of nitrogens with zero attached hydrogens (tertiary/aromatic N) is 1. The highest BCUT2D eigenvalue weighted by atomic mass is 16.6. The number of rotatable bonds is 2. The van der Waals surface area contributed by atoms with Gasteiger partial charge in [0.25, 0.3) is 5.69 Å². The van der Waals surface area contributed by atoms with Crippen molar-refractivity contribution in [2.45, 2.75) is 0 Å². The van der Waals surface area contributed by atoms with Gasteiger partial charge in [-0.1, -0.05) is 0 Å². The summed E-state index contributed by atoms with van der Waals surface area (Å²) in [5.41, 5.74) is 0.463. The first-order valence-electron chi connectivity index (χ1n) is 4.08. The molecule has 0 aliphatic carbocycles. The number of aromatic amines is 1. The van der Waals surface area contributed by atoms with Crippen molar-refractivity contribution in [3.8, 4) is 0 Å². The Bertz CT molecular complexity index is 558. The van der Waals surface area contributed by atoms with E-state index in [0.717, 1.165) is 0 Å². The fourth-order valence-corrected chi connectivity index (χ4v) is 1.39. The Labute approximate surface area is 83.3 Å². The van der Waals surface area contributed by atoms with Gasteiger partial charge in [-0.2, -0.15) is 0 Å². The SMILES string of the molecule is O=C(O)c1ccc2[nH]cc([N+](=O)[O-])c2c1. The van der Waals surface area contributed by atoms with Gasteiger partial charge in [0.2, 0.25) is 0 Å². The second kappa shape index (κ2) is 3.09. The van der Waals surface area contributed by atoms with Crippen LogP contribution in [0.1, 0.15) is 10.4 Å². The molecule has 2 N–H and O–H groups in total.